The fourth-order valence-corrected chi connectivity index (χ4v) is 6.46. The third kappa shape index (κ3) is 8.14. The van der Waals surface area contributed by atoms with Crippen molar-refractivity contribution in [1.82, 2.24) is 0 Å². The molecule has 0 spiro atoms. The Morgan fingerprint density at radius 1 is 0.829 bits per heavy atom. The van der Waals surface area contributed by atoms with Crippen LogP contribution in [0.2, 0.25) is 0 Å². The molecule has 0 aromatic heterocycles. The first kappa shape index (κ1) is 30.8. The number of hydrogen-bond acceptors (Lipinski definition) is 0. The van der Waals surface area contributed by atoms with Gasteiger partial charge in [-0.2, -0.15) is 12.1 Å². The van der Waals surface area contributed by atoms with E-state index in [0.29, 0.717) is 0 Å². The Morgan fingerprint density at radius 3 is 1.91 bits per heavy atom. The summed E-state index contributed by atoms with van der Waals surface area (Å²) in [6.07, 6.45) is 10.5. The van der Waals surface area contributed by atoms with Crippen LogP contribution in [0.15, 0.2) is 114 Å². The first-order chi connectivity index (χ1) is 15.8. The van der Waals surface area contributed by atoms with Crippen LogP contribution in [0.1, 0.15) is 39.5 Å². The Kier molecular flexibility index (Phi) is 13.8. The molecule has 4 heteroatoms. The van der Waals surface area contributed by atoms with E-state index >= 15 is 0 Å². The van der Waals surface area contributed by atoms with Gasteiger partial charge in [0.1, 0.15) is 0 Å². The quantitative estimate of drug-likeness (QED) is 0.206. The summed E-state index contributed by atoms with van der Waals surface area (Å²) in [6, 6.07) is 35.0. The van der Waals surface area contributed by atoms with Crippen molar-refractivity contribution >= 4 is 34.6 Å². The molecule has 0 amide bonds. The van der Waals surface area contributed by atoms with Gasteiger partial charge in [-0.3, -0.25) is 6.08 Å². The van der Waals surface area contributed by atoms with Crippen molar-refractivity contribution in [2.75, 3.05) is 0 Å². The zero-order valence-electron chi connectivity index (χ0n) is 20.3. The maximum atomic E-state index is 3.37. The monoisotopic (exact) mass is 520 g/mol. The van der Waals surface area contributed by atoms with Crippen molar-refractivity contribution in [2.45, 2.75) is 39.5 Å². The maximum absolute atomic E-state index is 3.37. The summed E-state index contributed by atoms with van der Waals surface area (Å²) < 4.78 is 0. The van der Waals surface area contributed by atoms with Gasteiger partial charge in [0.2, 0.25) is 0 Å². The third-order valence-electron chi connectivity index (χ3n) is 5.87. The molecule has 0 heterocycles. The van der Waals surface area contributed by atoms with E-state index in [9.17, 15) is 0 Å². The van der Waals surface area contributed by atoms with Crippen LogP contribution in [0.4, 0.5) is 0 Å². The first-order valence-corrected chi connectivity index (χ1v) is 12.9. The van der Waals surface area contributed by atoms with E-state index in [4.69, 9.17) is 0 Å². The van der Waals surface area contributed by atoms with Gasteiger partial charge >= 0.3 is 21.7 Å². The second kappa shape index (κ2) is 15.7. The van der Waals surface area contributed by atoms with Crippen LogP contribution in [0.5, 0.6) is 0 Å². The van der Waals surface area contributed by atoms with Gasteiger partial charge in [-0.15, -0.1) is 53.7 Å². The fourth-order valence-electron chi connectivity index (χ4n) is 4.09. The summed E-state index contributed by atoms with van der Waals surface area (Å²) in [5, 5.41) is 6.89. The van der Waals surface area contributed by atoms with Crippen molar-refractivity contribution in [1.29, 1.82) is 0 Å². The molecule has 5 rings (SSSR count). The van der Waals surface area contributed by atoms with E-state index < -0.39 is 7.92 Å². The van der Waals surface area contributed by atoms with Crippen LogP contribution >= 0.6 is 7.92 Å². The fraction of sp³-hybridized carbons (Fsp3) is 0.194. The molecule has 0 saturated heterocycles. The molecule has 0 unspecified atom stereocenters. The molecule has 0 aliphatic heterocycles. The first-order valence-electron chi connectivity index (χ1n) is 11.6. The molecule has 0 atom stereocenters. The van der Waals surface area contributed by atoms with Crippen LogP contribution in [-0.4, -0.2) is 0 Å². The molecule has 35 heavy (non-hydrogen) atoms. The van der Waals surface area contributed by atoms with E-state index in [1.807, 2.05) is 0 Å². The van der Waals surface area contributed by atoms with E-state index in [1.165, 1.54) is 57.1 Å². The van der Waals surface area contributed by atoms with Gasteiger partial charge in [0.15, 0.2) is 0 Å². The van der Waals surface area contributed by atoms with Crippen molar-refractivity contribution < 1.29 is 31.1 Å². The number of allylic oxidation sites excluding steroid dienone is 4. The number of halogens is 2. The molecule has 0 fully saturated rings. The normalized spacial score (nSPS) is 11.9. The van der Waals surface area contributed by atoms with Crippen LogP contribution in [0.25, 0.3) is 10.8 Å². The van der Waals surface area contributed by atoms with Gasteiger partial charge in [0, 0.05) is 0 Å². The van der Waals surface area contributed by atoms with Crippen molar-refractivity contribution in [3.05, 3.63) is 120 Å². The minimum atomic E-state index is -0.493. The van der Waals surface area contributed by atoms with Crippen LogP contribution in [0, 0.1) is 6.08 Å². The molecule has 0 bridgehead atoms. The largest absolute Gasteiger partial charge is 4.00 e. The minimum absolute atomic E-state index is 0. The number of unbranched alkanes of at least 4 members (excludes halogenated alkanes) is 1. The molecule has 4 aromatic carbocycles. The van der Waals surface area contributed by atoms with Gasteiger partial charge in [0.25, 0.3) is 0 Å². The van der Waals surface area contributed by atoms with Gasteiger partial charge in [-0.25, -0.2) is 11.1 Å². The molecule has 0 radical (unpaired) electrons. The SMILES string of the molecule is CCCCC1=[C-]CC=C1C.[F-].[F-].[Ti+4].c1ccc(P(c2ccccc2)c2cc3ccccc3[cH-]2)cc1. The molecule has 4 aromatic rings. The van der Waals surface area contributed by atoms with Gasteiger partial charge in [0.05, 0.1) is 0 Å². The zero-order valence-corrected chi connectivity index (χ0v) is 22.8. The molecule has 178 valence electrons. The maximum Gasteiger partial charge on any atom is 4.00 e. The number of fused-ring (bicyclic) bond motifs is 1. The average molecular weight is 520 g/mol. The summed E-state index contributed by atoms with van der Waals surface area (Å²) in [6.45, 7) is 4.42. The Bertz CT molecular complexity index is 1120. The van der Waals surface area contributed by atoms with Crippen LogP contribution < -0.4 is 25.3 Å². The molecule has 0 N–H and O–H groups in total. The van der Waals surface area contributed by atoms with Gasteiger partial charge in [-0.05, 0) is 18.5 Å². The molecule has 1 aliphatic carbocycles. The molecule has 0 nitrogen and oxygen atoms in total. The number of benzene rings is 3. The molecule has 1 aliphatic rings. The van der Waals surface area contributed by atoms with Gasteiger partial charge < -0.3 is 9.41 Å². The Labute approximate surface area is 224 Å². The Morgan fingerprint density at radius 2 is 1.40 bits per heavy atom. The Balaban J connectivity index is 0.000000407. The predicted octanol–water partition coefficient (Wildman–Crippen LogP) is 1.58. The smallest absolute Gasteiger partial charge is 1.00 e. The summed E-state index contributed by atoms with van der Waals surface area (Å²) in [5.41, 5.74) is 2.91. The second-order valence-electron chi connectivity index (χ2n) is 8.20. The number of rotatable bonds is 6. The molecular weight excluding hydrogens is 489 g/mol. The summed E-state index contributed by atoms with van der Waals surface area (Å²) in [4.78, 5) is 0. The standard InChI is InChI=1S/C21H16P.C10H15.2FH.Ti/c1-3-11-19(12-4-1)22(20-13-5-2-6-14-20)21-15-17-9-7-8-10-18(17)16-21;1-3-4-7-10-8-5-6-9(10)2;;;/h1-16H;6H,3-5,7H2,1-2H3;2*1H;/q2*-1;;;+4/p-2. The minimum Gasteiger partial charge on any atom is -1.00 e. The summed E-state index contributed by atoms with van der Waals surface area (Å²) in [5.74, 6) is 0. The van der Waals surface area contributed by atoms with E-state index in [1.54, 1.807) is 0 Å². The van der Waals surface area contributed by atoms with Crippen LogP contribution in [0.3, 0.4) is 0 Å². The van der Waals surface area contributed by atoms with E-state index in [-0.39, 0.29) is 31.1 Å². The molecule has 0 saturated carbocycles. The summed E-state index contributed by atoms with van der Waals surface area (Å²) in [7, 11) is -0.493. The molecular formula is C31H31F2PTi. The van der Waals surface area contributed by atoms with E-state index in [0.717, 1.165) is 6.42 Å². The van der Waals surface area contributed by atoms with E-state index in [2.05, 4.69) is 123 Å². The zero-order chi connectivity index (χ0) is 22.2. The average Bonchev–Trinajstić information content (AvgIpc) is 3.45. The van der Waals surface area contributed by atoms with Crippen molar-refractivity contribution in [3.8, 4) is 0 Å². The van der Waals surface area contributed by atoms with Gasteiger partial charge in [-0.1, -0.05) is 92.9 Å². The predicted molar refractivity (Wildman–Crippen MR) is 143 cm³/mol. The van der Waals surface area contributed by atoms with Crippen LogP contribution in [-0.2, 0) is 21.7 Å². The second-order valence-corrected chi connectivity index (χ2v) is 10.4. The summed E-state index contributed by atoms with van der Waals surface area (Å²) >= 11 is 0. The topological polar surface area (TPSA) is 0 Å². The third-order valence-corrected chi connectivity index (χ3v) is 8.27. The number of hydrogen-bond donors (Lipinski definition) is 0. The Hall–Kier alpha value is -2.25. The van der Waals surface area contributed by atoms with Crippen molar-refractivity contribution in [2.24, 2.45) is 0 Å². The van der Waals surface area contributed by atoms with Crippen molar-refractivity contribution in [3.63, 3.8) is 0 Å².